The highest BCUT2D eigenvalue weighted by Crippen LogP contribution is 2.29. The fourth-order valence-corrected chi connectivity index (χ4v) is 4.18. The van der Waals surface area contributed by atoms with Crippen LogP contribution < -0.4 is 10.6 Å². The number of carbonyl (C=O) groups is 2. The highest BCUT2D eigenvalue weighted by atomic mass is 32.1. The van der Waals surface area contributed by atoms with E-state index in [-0.39, 0.29) is 17.7 Å². The predicted molar refractivity (Wildman–Crippen MR) is 99.6 cm³/mol. The number of anilines is 1. The molecule has 6 heteroatoms. The average Bonchev–Trinajstić information content (AvgIpc) is 3.25. The van der Waals surface area contributed by atoms with Crippen molar-refractivity contribution < 1.29 is 9.59 Å². The molecule has 0 aliphatic heterocycles. The van der Waals surface area contributed by atoms with Crippen molar-refractivity contribution in [2.75, 3.05) is 5.32 Å². The lowest BCUT2D eigenvalue weighted by atomic mass is 9.97. The van der Waals surface area contributed by atoms with Gasteiger partial charge in [0.05, 0.1) is 0 Å². The summed E-state index contributed by atoms with van der Waals surface area (Å²) in [5.41, 5.74) is 1.21. The van der Waals surface area contributed by atoms with Gasteiger partial charge in [0, 0.05) is 24.4 Å². The van der Waals surface area contributed by atoms with E-state index in [9.17, 15) is 9.59 Å². The maximum Gasteiger partial charge on any atom is 0.249 e. The van der Waals surface area contributed by atoms with Gasteiger partial charge in [-0.3, -0.25) is 9.59 Å². The van der Waals surface area contributed by atoms with Crippen molar-refractivity contribution in [3.05, 3.63) is 47.0 Å². The minimum absolute atomic E-state index is 0.164. The number of hydrogen-bond donors (Lipinski definition) is 2. The van der Waals surface area contributed by atoms with E-state index < -0.39 is 6.04 Å². The van der Waals surface area contributed by atoms with E-state index >= 15 is 0 Å². The Bertz CT molecular complexity index is 723. The van der Waals surface area contributed by atoms with Gasteiger partial charge in [0.25, 0.3) is 0 Å². The highest BCUT2D eigenvalue weighted by molar-refractivity contribution is 7.15. The summed E-state index contributed by atoms with van der Waals surface area (Å²) in [5, 5.41) is 6.29. The first-order valence-electron chi connectivity index (χ1n) is 8.68. The van der Waals surface area contributed by atoms with Gasteiger partial charge in [-0.2, -0.15) is 0 Å². The van der Waals surface area contributed by atoms with Crippen LogP contribution in [-0.2, 0) is 16.0 Å². The SMILES string of the molecule is CC(=O)N[C@H](C(=O)Nc1ncc(Cc2ccccc2)s1)C1CCCC1. The molecule has 132 valence electrons. The molecule has 0 unspecified atom stereocenters. The van der Waals surface area contributed by atoms with Gasteiger partial charge in [-0.25, -0.2) is 4.98 Å². The molecule has 25 heavy (non-hydrogen) atoms. The molecule has 1 saturated carbocycles. The second kappa shape index (κ2) is 8.25. The zero-order valence-corrected chi connectivity index (χ0v) is 15.1. The number of carbonyl (C=O) groups excluding carboxylic acids is 2. The van der Waals surface area contributed by atoms with Gasteiger partial charge < -0.3 is 10.6 Å². The number of aromatic nitrogens is 1. The molecule has 0 radical (unpaired) electrons. The minimum atomic E-state index is -0.471. The van der Waals surface area contributed by atoms with E-state index in [4.69, 9.17) is 0 Å². The van der Waals surface area contributed by atoms with Crippen LogP contribution >= 0.6 is 11.3 Å². The average molecular weight is 357 g/mol. The first kappa shape index (κ1) is 17.6. The molecule has 1 aliphatic rings. The second-order valence-corrected chi connectivity index (χ2v) is 7.62. The molecule has 1 aromatic carbocycles. The van der Waals surface area contributed by atoms with Crippen molar-refractivity contribution >= 4 is 28.3 Å². The third kappa shape index (κ3) is 4.89. The summed E-state index contributed by atoms with van der Waals surface area (Å²) >= 11 is 1.48. The van der Waals surface area contributed by atoms with Crippen molar-refractivity contribution in [3.8, 4) is 0 Å². The third-order valence-corrected chi connectivity index (χ3v) is 5.43. The Labute approximate surface area is 151 Å². The lowest BCUT2D eigenvalue weighted by molar-refractivity contribution is -0.126. The van der Waals surface area contributed by atoms with E-state index in [1.165, 1.54) is 23.8 Å². The maximum atomic E-state index is 12.6. The molecule has 2 amide bonds. The summed E-state index contributed by atoms with van der Waals surface area (Å²) in [6.07, 6.45) is 6.80. The van der Waals surface area contributed by atoms with Gasteiger partial charge in [-0.05, 0) is 24.3 Å². The molecule has 2 N–H and O–H groups in total. The summed E-state index contributed by atoms with van der Waals surface area (Å²) in [6, 6.07) is 9.70. The molecule has 5 nitrogen and oxygen atoms in total. The van der Waals surface area contributed by atoms with E-state index in [1.807, 2.05) is 18.2 Å². The number of nitrogens with one attached hydrogen (secondary N) is 2. The lowest BCUT2D eigenvalue weighted by Crippen LogP contribution is -2.47. The van der Waals surface area contributed by atoms with Crippen LogP contribution in [0.15, 0.2) is 36.5 Å². The molecule has 0 saturated heterocycles. The highest BCUT2D eigenvalue weighted by Gasteiger charge is 2.31. The summed E-state index contributed by atoms with van der Waals surface area (Å²) in [4.78, 5) is 29.5. The van der Waals surface area contributed by atoms with Gasteiger partial charge in [0.2, 0.25) is 11.8 Å². The fourth-order valence-electron chi connectivity index (χ4n) is 3.33. The Morgan fingerprint density at radius 1 is 1.24 bits per heavy atom. The standard InChI is InChI=1S/C19H23N3O2S/c1-13(23)21-17(15-9-5-6-10-15)18(24)22-19-20-12-16(25-19)11-14-7-3-2-4-8-14/h2-4,7-8,12,15,17H,5-6,9-11H2,1H3,(H,21,23)(H,20,22,24)/t17-/m0/s1. The molecule has 3 rings (SSSR count). The Morgan fingerprint density at radius 2 is 1.96 bits per heavy atom. The molecular formula is C19H23N3O2S. The van der Waals surface area contributed by atoms with Gasteiger partial charge >= 0.3 is 0 Å². The Balaban J connectivity index is 1.64. The van der Waals surface area contributed by atoms with Crippen LogP contribution in [0, 0.1) is 5.92 Å². The maximum absolute atomic E-state index is 12.6. The minimum Gasteiger partial charge on any atom is -0.344 e. The number of benzene rings is 1. The van der Waals surface area contributed by atoms with Crippen molar-refractivity contribution in [1.29, 1.82) is 0 Å². The Hall–Kier alpha value is -2.21. The zero-order chi connectivity index (χ0) is 17.6. The monoisotopic (exact) mass is 357 g/mol. The van der Waals surface area contributed by atoms with Crippen molar-refractivity contribution in [2.24, 2.45) is 5.92 Å². The van der Waals surface area contributed by atoms with Crippen LogP contribution in [0.5, 0.6) is 0 Å². The van der Waals surface area contributed by atoms with Gasteiger partial charge in [0.15, 0.2) is 5.13 Å². The lowest BCUT2D eigenvalue weighted by Gasteiger charge is -2.22. The van der Waals surface area contributed by atoms with Crippen molar-refractivity contribution in [3.63, 3.8) is 0 Å². The normalized spacial score (nSPS) is 15.7. The molecule has 1 aromatic heterocycles. The Morgan fingerprint density at radius 3 is 2.64 bits per heavy atom. The van der Waals surface area contributed by atoms with Gasteiger partial charge in [0.1, 0.15) is 6.04 Å². The van der Waals surface area contributed by atoms with Crippen molar-refractivity contribution in [1.82, 2.24) is 10.3 Å². The zero-order valence-electron chi connectivity index (χ0n) is 14.3. The largest absolute Gasteiger partial charge is 0.344 e. The van der Waals surface area contributed by atoms with Gasteiger partial charge in [-0.1, -0.05) is 43.2 Å². The van der Waals surface area contributed by atoms with E-state index in [0.717, 1.165) is 37.0 Å². The first-order valence-corrected chi connectivity index (χ1v) is 9.50. The molecule has 0 spiro atoms. The number of hydrogen-bond acceptors (Lipinski definition) is 4. The number of amides is 2. The quantitative estimate of drug-likeness (QED) is 0.833. The molecule has 1 fully saturated rings. The summed E-state index contributed by atoms with van der Waals surface area (Å²) < 4.78 is 0. The molecule has 1 heterocycles. The molecule has 1 aliphatic carbocycles. The molecule has 2 aromatic rings. The first-order chi connectivity index (χ1) is 12.1. The van der Waals surface area contributed by atoms with Crippen LogP contribution in [0.25, 0.3) is 0 Å². The number of thiazole rings is 1. The number of nitrogens with zero attached hydrogens (tertiary/aromatic N) is 1. The summed E-state index contributed by atoms with van der Waals surface area (Å²) in [6.45, 7) is 1.45. The van der Waals surface area contributed by atoms with E-state index in [0.29, 0.717) is 5.13 Å². The van der Waals surface area contributed by atoms with Crippen LogP contribution in [0.1, 0.15) is 43.0 Å². The van der Waals surface area contributed by atoms with E-state index in [2.05, 4.69) is 27.8 Å². The Kier molecular flexibility index (Phi) is 5.81. The van der Waals surface area contributed by atoms with E-state index in [1.54, 1.807) is 6.20 Å². The second-order valence-electron chi connectivity index (χ2n) is 6.51. The van der Waals surface area contributed by atoms with Crippen LogP contribution in [0.2, 0.25) is 0 Å². The third-order valence-electron chi connectivity index (χ3n) is 4.52. The van der Waals surface area contributed by atoms with Gasteiger partial charge in [-0.15, -0.1) is 11.3 Å². The fraction of sp³-hybridized carbons (Fsp3) is 0.421. The van der Waals surface area contributed by atoms with Crippen molar-refractivity contribution in [2.45, 2.75) is 45.1 Å². The van der Waals surface area contributed by atoms with Crippen LogP contribution in [0.3, 0.4) is 0 Å². The van der Waals surface area contributed by atoms with Crippen LogP contribution in [-0.4, -0.2) is 22.8 Å². The predicted octanol–water partition coefficient (Wildman–Crippen LogP) is 3.37. The molecule has 1 atom stereocenters. The smallest absolute Gasteiger partial charge is 0.249 e. The summed E-state index contributed by atoms with van der Waals surface area (Å²) in [5.74, 6) is -0.119. The van der Waals surface area contributed by atoms with Crippen LogP contribution in [0.4, 0.5) is 5.13 Å². The molecule has 0 bridgehead atoms. The number of rotatable bonds is 6. The topological polar surface area (TPSA) is 71.1 Å². The molecular weight excluding hydrogens is 334 g/mol. The summed E-state index contributed by atoms with van der Waals surface area (Å²) in [7, 11) is 0.